The van der Waals surface area contributed by atoms with Crippen LogP contribution in [0.15, 0.2) is 0 Å². The molecule has 1 unspecified atom stereocenters. The molecule has 1 amide bonds. The van der Waals surface area contributed by atoms with Crippen LogP contribution in [-0.4, -0.2) is 59.9 Å². The zero-order chi connectivity index (χ0) is 20.7. The fourth-order valence-electron chi connectivity index (χ4n) is 4.73. The van der Waals surface area contributed by atoms with Crippen molar-refractivity contribution in [1.82, 2.24) is 34.3 Å². The molecule has 0 aliphatic carbocycles. The number of aryl methyl sites for hydroxylation is 2. The molecule has 158 valence electrons. The van der Waals surface area contributed by atoms with Crippen LogP contribution in [0.3, 0.4) is 0 Å². The summed E-state index contributed by atoms with van der Waals surface area (Å²) in [4.78, 5) is 17.0. The van der Waals surface area contributed by atoms with Crippen LogP contribution in [0, 0.1) is 19.8 Å². The lowest BCUT2D eigenvalue weighted by atomic mass is 10.1. The Labute approximate surface area is 172 Å². The summed E-state index contributed by atoms with van der Waals surface area (Å²) in [5.41, 5.74) is 3.67. The van der Waals surface area contributed by atoms with Gasteiger partial charge in [0, 0.05) is 56.8 Å². The molecule has 8 nitrogen and oxygen atoms in total. The smallest absolute Gasteiger partial charge is 0.225 e. The second kappa shape index (κ2) is 7.89. The standard InChI is InChI=1S/C21H33N7O/c1-14(2)21(29)26-10-8-19-22-23-20(28(19)12-11-26)18-7-6-9-27(18)13-17-15(3)24-25(5)16(17)4/h14,18H,6-13H2,1-5H3. The number of amides is 1. The molecule has 0 bridgehead atoms. The van der Waals surface area contributed by atoms with Gasteiger partial charge in [0.1, 0.15) is 11.6 Å². The number of aromatic nitrogens is 5. The highest BCUT2D eigenvalue weighted by atomic mass is 16.2. The van der Waals surface area contributed by atoms with Crippen molar-refractivity contribution in [3.05, 3.63) is 28.6 Å². The summed E-state index contributed by atoms with van der Waals surface area (Å²) in [7, 11) is 2.01. The zero-order valence-electron chi connectivity index (χ0n) is 18.4. The molecule has 0 spiro atoms. The highest BCUT2D eigenvalue weighted by molar-refractivity contribution is 5.78. The van der Waals surface area contributed by atoms with E-state index in [0.29, 0.717) is 0 Å². The van der Waals surface area contributed by atoms with Gasteiger partial charge in [-0.2, -0.15) is 5.10 Å². The van der Waals surface area contributed by atoms with E-state index in [2.05, 4.69) is 38.6 Å². The van der Waals surface area contributed by atoms with Gasteiger partial charge >= 0.3 is 0 Å². The van der Waals surface area contributed by atoms with Gasteiger partial charge < -0.3 is 9.47 Å². The summed E-state index contributed by atoms with van der Waals surface area (Å²) in [6, 6.07) is 0.280. The molecule has 0 aromatic carbocycles. The Morgan fingerprint density at radius 1 is 1.14 bits per heavy atom. The Kier molecular flexibility index (Phi) is 5.46. The van der Waals surface area contributed by atoms with Gasteiger partial charge in [0.2, 0.25) is 5.91 Å². The molecule has 2 aliphatic heterocycles. The van der Waals surface area contributed by atoms with Gasteiger partial charge in [-0.05, 0) is 33.2 Å². The van der Waals surface area contributed by atoms with Crippen LogP contribution in [0.2, 0.25) is 0 Å². The Bertz CT molecular complexity index is 897. The molecule has 0 N–H and O–H groups in total. The highest BCUT2D eigenvalue weighted by Crippen LogP contribution is 2.34. The maximum absolute atomic E-state index is 12.5. The van der Waals surface area contributed by atoms with E-state index in [1.54, 1.807) is 0 Å². The normalized spacial score (nSPS) is 20.3. The van der Waals surface area contributed by atoms with Crippen molar-refractivity contribution in [2.75, 3.05) is 19.6 Å². The van der Waals surface area contributed by atoms with Crippen molar-refractivity contribution in [1.29, 1.82) is 0 Å². The molecule has 2 aliphatic rings. The van der Waals surface area contributed by atoms with Gasteiger partial charge in [-0.15, -0.1) is 10.2 Å². The molecule has 1 atom stereocenters. The average molecular weight is 400 g/mol. The summed E-state index contributed by atoms with van der Waals surface area (Å²) in [6.45, 7) is 12.4. The minimum Gasteiger partial charge on any atom is -0.340 e. The van der Waals surface area contributed by atoms with Crippen molar-refractivity contribution in [3.8, 4) is 0 Å². The van der Waals surface area contributed by atoms with Crippen LogP contribution in [0.1, 0.15) is 61.3 Å². The molecule has 29 heavy (non-hydrogen) atoms. The van der Waals surface area contributed by atoms with E-state index < -0.39 is 0 Å². The number of rotatable bonds is 4. The first-order chi connectivity index (χ1) is 13.9. The first kappa shape index (κ1) is 20.1. The average Bonchev–Trinajstić information content (AvgIpc) is 3.32. The number of likely N-dealkylation sites (tertiary alicyclic amines) is 1. The van der Waals surface area contributed by atoms with E-state index in [1.165, 1.54) is 17.7 Å². The van der Waals surface area contributed by atoms with Crippen molar-refractivity contribution in [3.63, 3.8) is 0 Å². The van der Waals surface area contributed by atoms with Crippen LogP contribution in [-0.2, 0) is 31.4 Å². The molecule has 1 fully saturated rings. The third kappa shape index (κ3) is 3.70. The van der Waals surface area contributed by atoms with Crippen LogP contribution in [0.4, 0.5) is 0 Å². The predicted octanol–water partition coefficient (Wildman–Crippen LogP) is 2.01. The van der Waals surface area contributed by atoms with Gasteiger partial charge in [-0.3, -0.25) is 14.4 Å². The predicted molar refractivity (Wildman–Crippen MR) is 110 cm³/mol. The Balaban J connectivity index is 1.54. The highest BCUT2D eigenvalue weighted by Gasteiger charge is 2.33. The Morgan fingerprint density at radius 2 is 1.93 bits per heavy atom. The zero-order valence-corrected chi connectivity index (χ0v) is 18.4. The quantitative estimate of drug-likeness (QED) is 0.786. The van der Waals surface area contributed by atoms with E-state index in [0.717, 1.165) is 62.9 Å². The molecule has 4 rings (SSSR count). The third-order valence-corrected chi connectivity index (χ3v) is 6.54. The third-order valence-electron chi connectivity index (χ3n) is 6.54. The lowest BCUT2D eigenvalue weighted by Gasteiger charge is -2.25. The van der Waals surface area contributed by atoms with Gasteiger partial charge in [-0.25, -0.2) is 0 Å². The Hall–Kier alpha value is -2.22. The monoisotopic (exact) mass is 399 g/mol. The lowest BCUT2D eigenvalue weighted by Crippen LogP contribution is -2.36. The maximum atomic E-state index is 12.5. The Morgan fingerprint density at radius 3 is 2.62 bits per heavy atom. The first-order valence-electron chi connectivity index (χ1n) is 10.8. The molecule has 4 heterocycles. The van der Waals surface area contributed by atoms with E-state index in [9.17, 15) is 4.79 Å². The summed E-state index contributed by atoms with van der Waals surface area (Å²) in [5, 5.41) is 13.7. The fourth-order valence-corrected chi connectivity index (χ4v) is 4.73. The number of hydrogen-bond acceptors (Lipinski definition) is 5. The first-order valence-corrected chi connectivity index (χ1v) is 10.8. The van der Waals surface area contributed by atoms with Crippen LogP contribution in [0.5, 0.6) is 0 Å². The van der Waals surface area contributed by atoms with E-state index in [4.69, 9.17) is 0 Å². The van der Waals surface area contributed by atoms with Crippen molar-refractivity contribution < 1.29 is 4.79 Å². The van der Waals surface area contributed by atoms with Gasteiger partial charge in [0.15, 0.2) is 0 Å². The second-order valence-corrected chi connectivity index (χ2v) is 8.76. The topological polar surface area (TPSA) is 72.1 Å². The summed E-state index contributed by atoms with van der Waals surface area (Å²) in [5.74, 6) is 2.35. The van der Waals surface area contributed by atoms with Crippen LogP contribution >= 0.6 is 0 Å². The van der Waals surface area contributed by atoms with Gasteiger partial charge in [0.25, 0.3) is 0 Å². The minimum atomic E-state index is 0.0364. The molecule has 0 saturated carbocycles. The SMILES string of the molecule is Cc1nn(C)c(C)c1CN1CCCC1c1nnc2n1CCN(C(=O)C(C)C)CC2. The van der Waals surface area contributed by atoms with E-state index >= 15 is 0 Å². The number of fused-ring (bicyclic) bond motifs is 1. The molecule has 1 saturated heterocycles. The molecule has 0 radical (unpaired) electrons. The molecular formula is C21H33N7O. The summed E-state index contributed by atoms with van der Waals surface area (Å²) >= 11 is 0. The summed E-state index contributed by atoms with van der Waals surface area (Å²) < 4.78 is 4.25. The lowest BCUT2D eigenvalue weighted by molar-refractivity contribution is -0.134. The number of carbonyl (C=O) groups is 1. The van der Waals surface area contributed by atoms with Crippen molar-refractivity contribution >= 4 is 5.91 Å². The largest absolute Gasteiger partial charge is 0.340 e. The molecule has 2 aromatic rings. The van der Waals surface area contributed by atoms with E-state index in [-0.39, 0.29) is 17.9 Å². The summed E-state index contributed by atoms with van der Waals surface area (Å²) in [6.07, 6.45) is 3.05. The minimum absolute atomic E-state index is 0.0364. The second-order valence-electron chi connectivity index (χ2n) is 8.76. The number of carbonyl (C=O) groups excluding carboxylic acids is 1. The molecule has 8 heteroatoms. The molecule has 2 aromatic heterocycles. The van der Waals surface area contributed by atoms with Crippen LogP contribution < -0.4 is 0 Å². The number of hydrogen-bond donors (Lipinski definition) is 0. The van der Waals surface area contributed by atoms with Crippen molar-refractivity contribution in [2.24, 2.45) is 13.0 Å². The number of nitrogens with zero attached hydrogens (tertiary/aromatic N) is 7. The molecular weight excluding hydrogens is 366 g/mol. The fraction of sp³-hybridized carbons (Fsp3) is 0.714. The van der Waals surface area contributed by atoms with Crippen molar-refractivity contribution in [2.45, 2.75) is 66.1 Å². The van der Waals surface area contributed by atoms with Gasteiger partial charge in [-0.1, -0.05) is 13.8 Å². The van der Waals surface area contributed by atoms with Crippen LogP contribution in [0.25, 0.3) is 0 Å². The van der Waals surface area contributed by atoms with Gasteiger partial charge in [0.05, 0.1) is 11.7 Å². The maximum Gasteiger partial charge on any atom is 0.225 e. The van der Waals surface area contributed by atoms with E-state index in [1.807, 2.05) is 30.5 Å².